The third-order valence-electron chi connectivity index (χ3n) is 2.18. The molecule has 0 aromatic carbocycles. The molecule has 0 aliphatic carbocycles. The fourth-order valence-electron chi connectivity index (χ4n) is 0.977. The second-order valence-electron chi connectivity index (χ2n) is 3.70. The SMILES string of the molecule is CC(CO)(CO)NCc1ccc(Br)cn1. The molecule has 5 heteroatoms. The third kappa shape index (κ3) is 3.87. The number of nitrogens with one attached hydrogen (secondary N) is 1. The first-order valence-corrected chi connectivity index (χ1v) is 5.46. The predicted molar refractivity (Wildman–Crippen MR) is 61.4 cm³/mol. The molecule has 15 heavy (non-hydrogen) atoms. The maximum Gasteiger partial charge on any atom is 0.0633 e. The van der Waals surface area contributed by atoms with Crippen LogP contribution in [0.3, 0.4) is 0 Å². The number of aliphatic hydroxyl groups is 2. The van der Waals surface area contributed by atoms with Crippen LogP contribution in [0.4, 0.5) is 0 Å². The Morgan fingerprint density at radius 3 is 2.53 bits per heavy atom. The Kier molecular flexibility index (Phi) is 4.66. The molecule has 0 saturated carbocycles. The molecule has 4 nitrogen and oxygen atoms in total. The number of aliphatic hydroxyl groups excluding tert-OH is 2. The molecule has 0 fully saturated rings. The van der Waals surface area contributed by atoms with Gasteiger partial charge in [-0.2, -0.15) is 0 Å². The molecule has 0 amide bonds. The Morgan fingerprint density at radius 1 is 1.40 bits per heavy atom. The van der Waals surface area contributed by atoms with Crippen LogP contribution in [0.15, 0.2) is 22.8 Å². The average Bonchev–Trinajstić information content (AvgIpc) is 2.28. The van der Waals surface area contributed by atoms with Crippen LogP contribution in [0, 0.1) is 0 Å². The zero-order valence-corrected chi connectivity index (χ0v) is 10.2. The van der Waals surface area contributed by atoms with Gasteiger partial charge in [0.15, 0.2) is 0 Å². The summed E-state index contributed by atoms with van der Waals surface area (Å²) in [7, 11) is 0. The van der Waals surface area contributed by atoms with E-state index in [0.29, 0.717) is 6.54 Å². The summed E-state index contributed by atoms with van der Waals surface area (Å²) in [6.45, 7) is 2.05. The summed E-state index contributed by atoms with van der Waals surface area (Å²) in [6.07, 6.45) is 1.71. The summed E-state index contributed by atoms with van der Waals surface area (Å²) in [5.41, 5.74) is 0.209. The van der Waals surface area contributed by atoms with E-state index in [-0.39, 0.29) is 13.2 Å². The van der Waals surface area contributed by atoms with Gasteiger partial charge in [-0.3, -0.25) is 4.98 Å². The largest absolute Gasteiger partial charge is 0.394 e. The van der Waals surface area contributed by atoms with Gasteiger partial charge in [0, 0.05) is 17.2 Å². The van der Waals surface area contributed by atoms with Crippen LogP contribution in [0.5, 0.6) is 0 Å². The molecule has 1 aromatic rings. The summed E-state index contributed by atoms with van der Waals surface area (Å²) in [5, 5.41) is 21.2. The maximum atomic E-state index is 9.06. The molecule has 1 aromatic heterocycles. The van der Waals surface area contributed by atoms with Crippen LogP contribution < -0.4 is 5.32 Å². The van der Waals surface area contributed by atoms with E-state index in [9.17, 15) is 0 Å². The van der Waals surface area contributed by atoms with E-state index in [4.69, 9.17) is 10.2 Å². The fourth-order valence-corrected chi connectivity index (χ4v) is 1.21. The van der Waals surface area contributed by atoms with Crippen molar-refractivity contribution in [3.8, 4) is 0 Å². The van der Waals surface area contributed by atoms with Crippen molar-refractivity contribution >= 4 is 15.9 Å². The number of aromatic nitrogens is 1. The zero-order valence-electron chi connectivity index (χ0n) is 8.57. The van der Waals surface area contributed by atoms with Gasteiger partial charge >= 0.3 is 0 Å². The molecule has 0 aliphatic heterocycles. The molecular weight excluding hydrogens is 260 g/mol. The van der Waals surface area contributed by atoms with Crippen LogP contribution in [-0.4, -0.2) is 33.9 Å². The number of rotatable bonds is 5. The highest BCUT2D eigenvalue weighted by Gasteiger charge is 2.21. The minimum absolute atomic E-state index is 0.111. The quantitative estimate of drug-likeness (QED) is 0.739. The molecule has 0 unspecified atom stereocenters. The molecule has 0 spiro atoms. The van der Waals surface area contributed by atoms with Crippen LogP contribution in [0.2, 0.25) is 0 Å². The number of nitrogens with zero attached hydrogens (tertiary/aromatic N) is 1. The van der Waals surface area contributed by atoms with Gasteiger partial charge in [-0.25, -0.2) is 0 Å². The minimum atomic E-state index is -0.658. The van der Waals surface area contributed by atoms with Gasteiger partial charge in [-0.15, -0.1) is 0 Å². The number of halogens is 1. The average molecular weight is 275 g/mol. The van der Waals surface area contributed by atoms with E-state index in [1.807, 2.05) is 12.1 Å². The smallest absolute Gasteiger partial charge is 0.0633 e. The highest BCUT2D eigenvalue weighted by molar-refractivity contribution is 9.10. The van der Waals surface area contributed by atoms with Crippen LogP contribution in [-0.2, 0) is 6.54 Å². The Morgan fingerprint density at radius 2 is 2.07 bits per heavy atom. The first-order chi connectivity index (χ1) is 7.09. The van der Waals surface area contributed by atoms with Crippen LogP contribution in [0.1, 0.15) is 12.6 Å². The summed E-state index contributed by atoms with van der Waals surface area (Å²) in [6, 6.07) is 3.78. The maximum absolute atomic E-state index is 9.06. The van der Waals surface area contributed by atoms with Crippen LogP contribution in [0.25, 0.3) is 0 Å². The van der Waals surface area contributed by atoms with Crippen molar-refractivity contribution in [2.75, 3.05) is 13.2 Å². The lowest BCUT2D eigenvalue weighted by Crippen LogP contribution is -2.48. The van der Waals surface area contributed by atoms with E-state index in [1.54, 1.807) is 13.1 Å². The molecule has 1 rings (SSSR count). The number of hydrogen-bond donors (Lipinski definition) is 3. The second kappa shape index (κ2) is 5.55. The second-order valence-corrected chi connectivity index (χ2v) is 4.61. The van der Waals surface area contributed by atoms with E-state index in [0.717, 1.165) is 10.2 Å². The van der Waals surface area contributed by atoms with Gasteiger partial charge in [0.1, 0.15) is 0 Å². The molecule has 0 atom stereocenters. The fraction of sp³-hybridized carbons (Fsp3) is 0.500. The first kappa shape index (κ1) is 12.6. The lowest BCUT2D eigenvalue weighted by atomic mass is 10.1. The van der Waals surface area contributed by atoms with Crippen molar-refractivity contribution in [3.63, 3.8) is 0 Å². The van der Waals surface area contributed by atoms with E-state index in [2.05, 4.69) is 26.2 Å². The van der Waals surface area contributed by atoms with Gasteiger partial charge in [0.2, 0.25) is 0 Å². The van der Waals surface area contributed by atoms with Crippen molar-refractivity contribution in [3.05, 3.63) is 28.5 Å². The van der Waals surface area contributed by atoms with Crippen molar-refractivity contribution in [2.45, 2.75) is 19.0 Å². The molecule has 0 bridgehead atoms. The third-order valence-corrected chi connectivity index (χ3v) is 2.65. The molecular formula is C10H15BrN2O2. The predicted octanol–water partition coefficient (Wildman–Crippen LogP) is 0.677. The van der Waals surface area contributed by atoms with Gasteiger partial charge in [-0.05, 0) is 35.0 Å². The molecule has 1 heterocycles. The molecule has 0 saturated heterocycles. The Labute approximate surface area is 97.5 Å². The Balaban J connectivity index is 2.53. The summed E-state index contributed by atoms with van der Waals surface area (Å²) >= 11 is 3.30. The van der Waals surface area contributed by atoms with Crippen LogP contribution >= 0.6 is 15.9 Å². The summed E-state index contributed by atoms with van der Waals surface area (Å²) < 4.78 is 0.929. The Hall–Kier alpha value is -0.490. The Bertz CT molecular complexity index is 299. The molecule has 3 N–H and O–H groups in total. The standard InChI is InChI=1S/C10H15BrN2O2/c1-10(6-14,7-15)13-5-9-3-2-8(11)4-12-9/h2-4,13-15H,5-7H2,1H3. The zero-order chi connectivity index (χ0) is 11.3. The van der Waals surface area contributed by atoms with E-state index >= 15 is 0 Å². The number of hydrogen-bond acceptors (Lipinski definition) is 4. The highest BCUT2D eigenvalue weighted by Crippen LogP contribution is 2.08. The minimum Gasteiger partial charge on any atom is -0.394 e. The van der Waals surface area contributed by atoms with Crippen molar-refractivity contribution in [1.29, 1.82) is 0 Å². The summed E-state index contributed by atoms with van der Waals surface area (Å²) in [5.74, 6) is 0. The van der Waals surface area contributed by atoms with E-state index in [1.165, 1.54) is 0 Å². The highest BCUT2D eigenvalue weighted by atomic mass is 79.9. The summed E-state index contributed by atoms with van der Waals surface area (Å²) in [4.78, 5) is 4.18. The van der Waals surface area contributed by atoms with E-state index < -0.39 is 5.54 Å². The van der Waals surface area contributed by atoms with Gasteiger partial charge in [0.05, 0.1) is 24.4 Å². The normalized spacial score (nSPS) is 11.7. The van der Waals surface area contributed by atoms with Gasteiger partial charge in [0.25, 0.3) is 0 Å². The lowest BCUT2D eigenvalue weighted by Gasteiger charge is -2.26. The van der Waals surface area contributed by atoms with Crippen molar-refractivity contribution in [2.24, 2.45) is 0 Å². The van der Waals surface area contributed by atoms with Gasteiger partial charge in [-0.1, -0.05) is 0 Å². The molecule has 84 valence electrons. The monoisotopic (exact) mass is 274 g/mol. The molecule has 0 aliphatic rings. The first-order valence-electron chi connectivity index (χ1n) is 4.67. The van der Waals surface area contributed by atoms with Crippen molar-refractivity contribution in [1.82, 2.24) is 10.3 Å². The lowest BCUT2D eigenvalue weighted by molar-refractivity contribution is 0.103. The number of pyridine rings is 1. The van der Waals surface area contributed by atoms with Crippen molar-refractivity contribution < 1.29 is 10.2 Å². The van der Waals surface area contributed by atoms with Gasteiger partial charge < -0.3 is 15.5 Å². The molecule has 0 radical (unpaired) electrons. The topological polar surface area (TPSA) is 65.4 Å².